The maximum absolute atomic E-state index is 5.73. The summed E-state index contributed by atoms with van der Waals surface area (Å²) in [4.78, 5) is 4.78. The van der Waals surface area contributed by atoms with Crippen molar-refractivity contribution in [1.82, 2.24) is 0 Å². The molecular weight excluding hydrogens is 174 g/mol. The molecule has 1 atom stereocenters. The zero-order valence-corrected chi connectivity index (χ0v) is 7.71. The van der Waals surface area contributed by atoms with Crippen molar-refractivity contribution in [2.75, 3.05) is 0 Å². The van der Waals surface area contributed by atoms with Gasteiger partial charge in [-0.3, -0.25) is 4.84 Å². The monoisotopic (exact) mass is 185 g/mol. The Morgan fingerprint density at radius 1 is 1.42 bits per heavy atom. The van der Waals surface area contributed by atoms with E-state index in [2.05, 4.69) is 0 Å². The highest BCUT2D eigenvalue weighted by Crippen LogP contribution is 2.20. The first-order valence-corrected chi connectivity index (χ1v) is 4.26. The van der Waals surface area contributed by atoms with E-state index in [0.717, 1.165) is 17.0 Å². The lowest BCUT2D eigenvalue weighted by Gasteiger charge is -2.11. The van der Waals surface area contributed by atoms with Crippen molar-refractivity contribution in [2.24, 2.45) is 5.90 Å². The van der Waals surface area contributed by atoms with Crippen molar-refractivity contribution in [3.8, 4) is 0 Å². The average molecular weight is 186 g/mol. The van der Waals surface area contributed by atoms with E-state index in [1.54, 1.807) is 0 Å². The first-order chi connectivity index (χ1) is 5.77. The molecule has 0 spiro atoms. The van der Waals surface area contributed by atoms with Gasteiger partial charge >= 0.3 is 0 Å². The Kier molecular flexibility index (Phi) is 3.53. The van der Waals surface area contributed by atoms with Crippen LogP contribution in [0.1, 0.15) is 25.0 Å². The Balaban J connectivity index is 2.80. The Morgan fingerprint density at radius 3 is 2.42 bits per heavy atom. The van der Waals surface area contributed by atoms with Crippen LogP contribution in [0.2, 0.25) is 5.02 Å². The molecule has 0 saturated carbocycles. The van der Waals surface area contributed by atoms with Crippen LogP contribution in [0.15, 0.2) is 24.3 Å². The van der Waals surface area contributed by atoms with Gasteiger partial charge in [0.25, 0.3) is 0 Å². The molecular formula is C9H12ClNO. The second-order valence-electron chi connectivity index (χ2n) is 2.58. The minimum Gasteiger partial charge on any atom is -0.297 e. The predicted octanol–water partition coefficient (Wildman–Crippen LogP) is 2.68. The van der Waals surface area contributed by atoms with E-state index in [4.69, 9.17) is 22.3 Å². The smallest absolute Gasteiger partial charge is 0.103 e. The molecule has 0 fully saturated rings. The predicted molar refractivity (Wildman–Crippen MR) is 49.8 cm³/mol. The lowest BCUT2D eigenvalue weighted by Crippen LogP contribution is -2.07. The van der Waals surface area contributed by atoms with Gasteiger partial charge in [0, 0.05) is 5.02 Å². The van der Waals surface area contributed by atoms with Crippen LogP contribution in [0, 0.1) is 0 Å². The molecule has 0 radical (unpaired) electrons. The molecule has 0 heterocycles. The molecule has 3 heteroatoms. The van der Waals surface area contributed by atoms with Gasteiger partial charge in [0.15, 0.2) is 0 Å². The molecule has 0 aliphatic rings. The van der Waals surface area contributed by atoms with Crippen LogP contribution >= 0.6 is 11.6 Å². The van der Waals surface area contributed by atoms with E-state index >= 15 is 0 Å². The van der Waals surface area contributed by atoms with Crippen LogP contribution in [0.5, 0.6) is 0 Å². The zero-order valence-electron chi connectivity index (χ0n) is 6.96. The second-order valence-corrected chi connectivity index (χ2v) is 3.02. The summed E-state index contributed by atoms with van der Waals surface area (Å²) in [6, 6.07) is 7.50. The normalized spacial score (nSPS) is 12.9. The van der Waals surface area contributed by atoms with Crippen LogP contribution in [-0.4, -0.2) is 0 Å². The maximum atomic E-state index is 5.73. The van der Waals surface area contributed by atoms with Crippen molar-refractivity contribution in [3.05, 3.63) is 34.9 Å². The maximum Gasteiger partial charge on any atom is 0.103 e. The molecule has 66 valence electrons. The Morgan fingerprint density at radius 2 is 2.00 bits per heavy atom. The van der Waals surface area contributed by atoms with Crippen molar-refractivity contribution in [2.45, 2.75) is 19.4 Å². The summed E-state index contributed by atoms with van der Waals surface area (Å²) in [5.41, 5.74) is 1.06. The summed E-state index contributed by atoms with van der Waals surface area (Å²) in [7, 11) is 0. The minimum absolute atomic E-state index is 0.0257. The van der Waals surface area contributed by atoms with Crippen molar-refractivity contribution < 1.29 is 4.84 Å². The van der Waals surface area contributed by atoms with Gasteiger partial charge in [0.1, 0.15) is 6.10 Å². The third-order valence-corrected chi connectivity index (χ3v) is 2.03. The summed E-state index contributed by atoms with van der Waals surface area (Å²) in [5.74, 6) is 5.12. The number of nitrogens with two attached hydrogens (primary N) is 1. The lowest BCUT2D eigenvalue weighted by atomic mass is 10.1. The van der Waals surface area contributed by atoms with Crippen LogP contribution < -0.4 is 5.90 Å². The van der Waals surface area contributed by atoms with Crippen molar-refractivity contribution >= 4 is 11.6 Å². The summed E-state index contributed by atoms with van der Waals surface area (Å²) in [5, 5.41) is 0.727. The van der Waals surface area contributed by atoms with Crippen molar-refractivity contribution in [3.63, 3.8) is 0 Å². The zero-order chi connectivity index (χ0) is 8.97. The third kappa shape index (κ3) is 2.21. The number of halogens is 1. The number of hydrogen-bond acceptors (Lipinski definition) is 2. The summed E-state index contributed by atoms with van der Waals surface area (Å²) in [6.45, 7) is 2.02. The highest BCUT2D eigenvalue weighted by atomic mass is 35.5. The van der Waals surface area contributed by atoms with Gasteiger partial charge in [0.05, 0.1) is 0 Å². The average Bonchev–Trinajstić information content (AvgIpc) is 2.10. The fourth-order valence-corrected chi connectivity index (χ4v) is 1.21. The molecule has 0 aliphatic heterocycles. The first kappa shape index (κ1) is 9.52. The van der Waals surface area contributed by atoms with Gasteiger partial charge in [-0.1, -0.05) is 30.7 Å². The van der Waals surface area contributed by atoms with E-state index in [1.807, 2.05) is 31.2 Å². The van der Waals surface area contributed by atoms with Crippen LogP contribution in [0.4, 0.5) is 0 Å². The summed E-state index contributed by atoms with van der Waals surface area (Å²) >= 11 is 5.73. The standard InChI is InChI=1S/C9H12ClNO/c1-2-9(12-11)7-3-5-8(10)6-4-7/h3-6,9H,2,11H2,1H3. The van der Waals surface area contributed by atoms with Crippen molar-refractivity contribution in [1.29, 1.82) is 0 Å². The second kappa shape index (κ2) is 4.45. The number of hydrogen-bond donors (Lipinski definition) is 1. The Hall–Kier alpha value is -0.570. The largest absolute Gasteiger partial charge is 0.297 e. The first-order valence-electron chi connectivity index (χ1n) is 3.89. The molecule has 0 saturated heterocycles. The third-order valence-electron chi connectivity index (χ3n) is 1.78. The Labute approximate surface area is 77.2 Å². The highest BCUT2D eigenvalue weighted by Gasteiger charge is 2.06. The van der Waals surface area contributed by atoms with Crippen LogP contribution in [-0.2, 0) is 4.84 Å². The quantitative estimate of drug-likeness (QED) is 0.735. The van der Waals surface area contributed by atoms with E-state index in [1.165, 1.54) is 0 Å². The van der Waals surface area contributed by atoms with Gasteiger partial charge in [-0.05, 0) is 24.1 Å². The van der Waals surface area contributed by atoms with E-state index in [0.29, 0.717) is 0 Å². The van der Waals surface area contributed by atoms with Crippen LogP contribution in [0.3, 0.4) is 0 Å². The van der Waals surface area contributed by atoms with Gasteiger partial charge in [-0.15, -0.1) is 0 Å². The van der Waals surface area contributed by atoms with E-state index in [-0.39, 0.29) is 6.10 Å². The van der Waals surface area contributed by atoms with Gasteiger partial charge in [-0.2, -0.15) is 0 Å². The van der Waals surface area contributed by atoms with E-state index < -0.39 is 0 Å². The SMILES string of the molecule is CCC(ON)c1ccc(Cl)cc1. The highest BCUT2D eigenvalue weighted by molar-refractivity contribution is 6.30. The molecule has 2 nitrogen and oxygen atoms in total. The summed E-state index contributed by atoms with van der Waals surface area (Å²) < 4.78 is 0. The molecule has 12 heavy (non-hydrogen) atoms. The molecule has 0 aliphatic carbocycles. The molecule has 2 N–H and O–H groups in total. The molecule has 1 aromatic carbocycles. The number of rotatable bonds is 3. The van der Waals surface area contributed by atoms with Crippen LogP contribution in [0.25, 0.3) is 0 Å². The molecule has 0 bridgehead atoms. The Bertz CT molecular complexity index is 231. The molecule has 1 rings (SSSR count). The molecule has 1 unspecified atom stereocenters. The topological polar surface area (TPSA) is 35.2 Å². The minimum atomic E-state index is -0.0257. The fraction of sp³-hybridized carbons (Fsp3) is 0.333. The van der Waals surface area contributed by atoms with Gasteiger partial charge in [-0.25, -0.2) is 5.90 Å². The molecule has 0 aromatic heterocycles. The van der Waals surface area contributed by atoms with E-state index in [9.17, 15) is 0 Å². The lowest BCUT2D eigenvalue weighted by molar-refractivity contribution is 0.0501. The van der Waals surface area contributed by atoms with Gasteiger partial charge < -0.3 is 0 Å². The summed E-state index contributed by atoms with van der Waals surface area (Å²) in [6.07, 6.45) is 0.834. The number of benzene rings is 1. The molecule has 1 aromatic rings. The fourth-order valence-electron chi connectivity index (χ4n) is 1.09. The van der Waals surface area contributed by atoms with Gasteiger partial charge in [0.2, 0.25) is 0 Å². The molecule has 0 amide bonds.